The van der Waals surface area contributed by atoms with Crippen LogP contribution in [-0.4, -0.2) is 31.9 Å². The van der Waals surface area contributed by atoms with Crippen molar-refractivity contribution in [2.75, 3.05) is 14.2 Å². The lowest BCUT2D eigenvalue weighted by Gasteiger charge is -2.11. The van der Waals surface area contributed by atoms with E-state index in [9.17, 15) is 9.18 Å². The lowest BCUT2D eigenvalue weighted by atomic mass is 10.0. The SMILES string of the molecule is COc1ccc(OC)c(C2=NOC(C(=O)NCc3ccc(F)cc3)C2)c1. The summed E-state index contributed by atoms with van der Waals surface area (Å²) in [4.78, 5) is 17.6. The quantitative estimate of drug-likeness (QED) is 0.862. The topological polar surface area (TPSA) is 69.1 Å². The largest absolute Gasteiger partial charge is 0.497 e. The number of nitrogens with one attached hydrogen (secondary N) is 1. The minimum absolute atomic E-state index is 0.282. The summed E-state index contributed by atoms with van der Waals surface area (Å²) < 4.78 is 23.5. The number of methoxy groups -OCH3 is 2. The standard InChI is InChI=1S/C19H19FN2O4/c1-24-14-7-8-17(25-2)15(9-14)16-10-18(26-22-16)19(23)21-11-12-3-5-13(20)6-4-12/h3-9,18H,10-11H2,1-2H3,(H,21,23). The molecular weight excluding hydrogens is 339 g/mol. The summed E-state index contributed by atoms with van der Waals surface area (Å²) in [6.45, 7) is 0.288. The Labute approximate surface area is 150 Å². The van der Waals surface area contributed by atoms with Gasteiger partial charge in [0.2, 0.25) is 6.10 Å². The fraction of sp³-hybridized carbons (Fsp3) is 0.263. The number of nitrogens with zero attached hydrogens (tertiary/aromatic N) is 1. The summed E-state index contributed by atoms with van der Waals surface area (Å²) in [5.74, 6) is 0.688. The predicted molar refractivity (Wildman–Crippen MR) is 93.8 cm³/mol. The van der Waals surface area contributed by atoms with Crippen molar-refractivity contribution in [3.05, 3.63) is 59.4 Å². The zero-order valence-electron chi connectivity index (χ0n) is 14.5. The van der Waals surface area contributed by atoms with Crippen molar-refractivity contribution in [1.82, 2.24) is 5.32 Å². The third kappa shape index (κ3) is 3.93. The van der Waals surface area contributed by atoms with Crippen LogP contribution < -0.4 is 14.8 Å². The van der Waals surface area contributed by atoms with Crippen molar-refractivity contribution in [2.24, 2.45) is 5.16 Å². The molecular formula is C19H19FN2O4. The number of amides is 1. The highest BCUT2D eigenvalue weighted by atomic mass is 19.1. The Morgan fingerprint density at radius 2 is 2.00 bits per heavy atom. The summed E-state index contributed by atoms with van der Waals surface area (Å²) >= 11 is 0. The number of rotatable bonds is 6. The Hall–Kier alpha value is -3.09. The second-order valence-corrected chi connectivity index (χ2v) is 5.75. The number of hydrogen-bond acceptors (Lipinski definition) is 5. The molecule has 2 aromatic carbocycles. The molecule has 1 aliphatic rings. The Balaban J connectivity index is 1.62. The molecule has 0 aliphatic carbocycles. The molecule has 0 fully saturated rings. The van der Waals surface area contributed by atoms with Crippen molar-refractivity contribution in [2.45, 2.75) is 19.1 Å². The average molecular weight is 358 g/mol. The molecule has 1 heterocycles. The Morgan fingerprint density at radius 1 is 1.23 bits per heavy atom. The normalized spacial score (nSPS) is 15.8. The van der Waals surface area contributed by atoms with Crippen LogP contribution in [0.25, 0.3) is 0 Å². The lowest BCUT2D eigenvalue weighted by Crippen LogP contribution is -2.34. The maximum absolute atomic E-state index is 12.9. The van der Waals surface area contributed by atoms with Crippen molar-refractivity contribution in [3.8, 4) is 11.5 Å². The third-order valence-corrected chi connectivity index (χ3v) is 4.06. The summed E-state index contributed by atoms with van der Waals surface area (Å²) in [6.07, 6.45) is -0.403. The smallest absolute Gasteiger partial charge is 0.264 e. The average Bonchev–Trinajstić information content (AvgIpc) is 3.17. The zero-order chi connectivity index (χ0) is 18.5. The molecule has 0 aromatic heterocycles. The number of ether oxygens (including phenoxy) is 2. The van der Waals surface area contributed by atoms with Crippen LogP contribution in [0.4, 0.5) is 4.39 Å². The fourth-order valence-corrected chi connectivity index (χ4v) is 2.62. The van der Waals surface area contributed by atoms with E-state index in [4.69, 9.17) is 14.3 Å². The maximum atomic E-state index is 12.9. The van der Waals surface area contributed by atoms with E-state index in [-0.39, 0.29) is 18.3 Å². The van der Waals surface area contributed by atoms with Crippen LogP contribution in [0.1, 0.15) is 17.5 Å². The maximum Gasteiger partial charge on any atom is 0.264 e. The molecule has 1 unspecified atom stereocenters. The van der Waals surface area contributed by atoms with Gasteiger partial charge in [-0.1, -0.05) is 17.3 Å². The lowest BCUT2D eigenvalue weighted by molar-refractivity contribution is -0.131. The number of carbonyl (C=O) groups excluding carboxylic acids is 1. The summed E-state index contributed by atoms with van der Waals surface area (Å²) in [5.41, 5.74) is 2.14. The number of halogens is 1. The van der Waals surface area contributed by atoms with Gasteiger partial charge in [0.05, 0.1) is 19.9 Å². The molecule has 7 heteroatoms. The summed E-state index contributed by atoms with van der Waals surface area (Å²) in [7, 11) is 3.14. The van der Waals surface area contributed by atoms with Crippen LogP contribution in [0.15, 0.2) is 47.6 Å². The fourth-order valence-electron chi connectivity index (χ4n) is 2.62. The molecule has 3 rings (SSSR count). The van der Waals surface area contributed by atoms with Crippen LogP contribution in [0.3, 0.4) is 0 Å². The first kappa shape index (κ1) is 17.7. The minimum Gasteiger partial charge on any atom is -0.497 e. The van der Waals surface area contributed by atoms with Gasteiger partial charge in [0.1, 0.15) is 17.3 Å². The van der Waals surface area contributed by atoms with Gasteiger partial charge in [-0.15, -0.1) is 0 Å². The second-order valence-electron chi connectivity index (χ2n) is 5.75. The van der Waals surface area contributed by atoms with Gasteiger partial charge in [0.25, 0.3) is 5.91 Å². The highest BCUT2D eigenvalue weighted by Gasteiger charge is 2.30. The van der Waals surface area contributed by atoms with E-state index in [1.807, 2.05) is 0 Å². The molecule has 1 N–H and O–H groups in total. The zero-order valence-corrected chi connectivity index (χ0v) is 14.5. The van der Waals surface area contributed by atoms with Gasteiger partial charge in [-0.3, -0.25) is 4.79 Å². The van der Waals surface area contributed by atoms with Gasteiger partial charge in [0, 0.05) is 18.5 Å². The van der Waals surface area contributed by atoms with Gasteiger partial charge in [-0.25, -0.2) is 4.39 Å². The van der Waals surface area contributed by atoms with Crippen LogP contribution in [-0.2, 0) is 16.2 Å². The van der Waals surface area contributed by atoms with Crippen molar-refractivity contribution in [1.29, 1.82) is 0 Å². The Bertz CT molecular complexity index is 821. The van der Waals surface area contributed by atoms with Crippen molar-refractivity contribution < 1.29 is 23.5 Å². The van der Waals surface area contributed by atoms with Gasteiger partial charge in [0.15, 0.2) is 0 Å². The Morgan fingerprint density at radius 3 is 2.69 bits per heavy atom. The molecule has 0 radical (unpaired) electrons. The first-order valence-electron chi connectivity index (χ1n) is 8.08. The molecule has 6 nitrogen and oxygen atoms in total. The molecule has 136 valence electrons. The highest BCUT2D eigenvalue weighted by molar-refractivity contribution is 6.06. The van der Waals surface area contributed by atoms with Crippen LogP contribution in [0, 0.1) is 5.82 Å². The highest BCUT2D eigenvalue weighted by Crippen LogP contribution is 2.28. The van der Waals surface area contributed by atoms with Crippen LogP contribution >= 0.6 is 0 Å². The molecule has 1 amide bonds. The van der Waals surface area contributed by atoms with E-state index in [0.29, 0.717) is 23.6 Å². The molecule has 26 heavy (non-hydrogen) atoms. The van der Waals surface area contributed by atoms with Crippen LogP contribution in [0.2, 0.25) is 0 Å². The molecule has 0 saturated heterocycles. The number of benzene rings is 2. The first-order chi connectivity index (χ1) is 12.6. The number of hydrogen-bond donors (Lipinski definition) is 1. The van der Waals surface area contributed by atoms with E-state index >= 15 is 0 Å². The third-order valence-electron chi connectivity index (χ3n) is 4.06. The second kappa shape index (κ2) is 7.86. The van der Waals surface area contributed by atoms with E-state index < -0.39 is 6.10 Å². The van der Waals surface area contributed by atoms with Crippen molar-refractivity contribution in [3.63, 3.8) is 0 Å². The predicted octanol–water partition coefficient (Wildman–Crippen LogP) is 2.65. The van der Waals surface area contributed by atoms with Gasteiger partial charge >= 0.3 is 0 Å². The molecule has 1 aliphatic heterocycles. The van der Waals surface area contributed by atoms with Gasteiger partial charge in [-0.05, 0) is 35.9 Å². The molecule has 0 saturated carbocycles. The van der Waals surface area contributed by atoms with E-state index in [1.165, 1.54) is 12.1 Å². The minimum atomic E-state index is -0.721. The molecule has 2 aromatic rings. The summed E-state index contributed by atoms with van der Waals surface area (Å²) in [5, 5.41) is 6.80. The van der Waals surface area contributed by atoms with Crippen LogP contribution in [0.5, 0.6) is 11.5 Å². The van der Waals surface area contributed by atoms with E-state index in [0.717, 1.165) is 11.1 Å². The van der Waals surface area contributed by atoms with Crippen molar-refractivity contribution >= 4 is 11.6 Å². The molecule has 0 bridgehead atoms. The Kier molecular flexibility index (Phi) is 5.36. The monoisotopic (exact) mass is 358 g/mol. The number of carbonyl (C=O) groups is 1. The molecule has 0 spiro atoms. The van der Waals surface area contributed by atoms with Gasteiger partial charge < -0.3 is 19.6 Å². The molecule has 1 atom stereocenters. The van der Waals surface area contributed by atoms with E-state index in [1.54, 1.807) is 44.6 Å². The van der Waals surface area contributed by atoms with Gasteiger partial charge in [-0.2, -0.15) is 0 Å². The van der Waals surface area contributed by atoms with E-state index in [2.05, 4.69) is 10.5 Å². The summed E-state index contributed by atoms with van der Waals surface area (Å²) in [6, 6.07) is 11.3. The first-order valence-corrected chi connectivity index (χ1v) is 8.08. The number of oxime groups is 1.